The van der Waals surface area contributed by atoms with Crippen LogP contribution in [0.4, 0.5) is 0 Å². The highest BCUT2D eigenvalue weighted by Crippen LogP contribution is 2.25. The van der Waals surface area contributed by atoms with E-state index in [4.69, 9.17) is 9.47 Å². The molecule has 19 heavy (non-hydrogen) atoms. The second-order valence-corrected chi connectivity index (χ2v) is 4.67. The average molecular weight is 290 g/mol. The van der Waals surface area contributed by atoms with Crippen LogP contribution in [0.15, 0.2) is 24.3 Å². The quantitative estimate of drug-likeness (QED) is 0.769. The first-order valence-electron chi connectivity index (χ1n) is 6.28. The van der Waals surface area contributed by atoms with Gasteiger partial charge in [-0.05, 0) is 24.6 Å². The van der Waals surface area contributed by atoms with Crippen molar-refractivity contribution in [2.24, 2.45) is 5.92 Å². The molecule has 0 radical (unpaired) electrons. The Morgan fingerprint density at radius 2 is 1.79 bits per heavy atom. The van der Waals surface area contributed by atoms with Gasteiger partial charge in [-0.2, -0.15) is 0 Å². The number of aliphatic hydroxyl groups is 1. The van der Waals surface area contributed by atoms with Gasteiger partial charge in [0.25, 0.3) is 0 Å². The van der Waals surface area contributed by atoms with Gasteiger partial charge in [0.1, 0.15) is 12.7 Å². The summed E-state index contributed by atoms with van der Waals surface area (Å²) in [5.41, 5.74) is 0. The molecule has 0 fully saturated rings. The molecule has 2 N–H and O–H groups in total. The molecule has 1 unspecified atom stereocenters. The number of ether oxygens (including phenoxy) is 2. The topological polar surface area (TPSA) is 50.7 Å². The minimum absolute atomic E-state index is 0. The van der Waals surface area contributed by atoms with Gasteiger partial charge in [0.2, 0.25) is 0 Å². The summed E-state index contributed by atoms with van der Waals surface area (Å²) in [4.78, 5) is 0. The Kier molecular flexibility index (Phi) is 9.39. The van der Waals surface area contributed by atoms with Crippen LogP contribution in [0, 0.1) is 5.92 Å². The van der Waals surface area contributed by atoms with Crippen LogP contribution in [0.5, 0.6) is 11.5 Å². The van der Waals surface area contributed by atoms with E-state index >= 15 is 0 Å². The summed E-state index contributed by atoms with van der Waals surface area (Å²) in [5, 5.41) is 12.9. The van der Waals surface area contributed by atoms with Crippen molar-refractivity contribution in [2.45, 2.75) is 20.0 Å². The van der Waals surface area contributed by atoms with E-state index in [1.165, 1.54) is 0 Å². The summed E-state index contributed by atoms with van der Waals surface area (Å²) in [5.74, 6) is 1.91. The van der Waals surface area contributed by atoms with Gasteiger partial charge in [-0.15, -0.1) is 12.4 Å². The lowest BCUT2D eigenvalue weighted by molar-refractivity contribution is 0.104. The third-order valence-corrected chi connectivity index (χ3v) is 2.43. The maximum atomic E-state index is 9.76. The van der Waals surface area contributed by atoms with Crippen LogP contribution >= 0.6 is 12.4 Å². The third kappa shape index (κ3) is 7.25. The second kappa shape index (κ2) is 9.89. The van der Waals surface area contributed by atoms with E-state index in [1.54, 1.807) is 7.11 Å². The van der Waals surface area contributed by atoms with Crippen LogP contribution < -0.4 is 14.8 Å². The van der Waals surface area contributed by atoms with Gasteiger partial charge in [0, 0.05) is 6.54 Å². The SMILES string of the molecule is COc1ccccc1OCC(O)CNCC(C)C.Cl. The monoisotopic (exact) mass is 289 g/mol. The van der Waals surface area contributed by atoms with Crippen molar-refractivity contribution >= 4 is 12.4 Å². The number of aliphatic hydroxyl groups excluding tert-OH is 1. The van der Waals surface area contributed by atoms with E-state index in [0.29, 0.717) is 24.0 Å². The summed E-state index contributed by atoms with van der Waals surface area (Å²) in [6.07, 6.45) is -0.520. The van der Waals surface area contributed by atoms with Crippen molar-refractivity contribution < 1.29 is 14.6 Å². The van der Waals surface area contributed by atoms with Crippen LogP contribution in [0.1, 0.15) is 13.8 Å². The largest absolute Gasteiger partial charge is 0.493 e. The predicted octanol–water partition coefficient (Wildman–Crippen LogP) is 2.10. The van der Waals surface area contributed by atoms with Gasteiger partial charge in [-0.3, -0.25) is 0 Å². The summed E-state index contributed by atoms with van der Waals surface area (Å²) >= 11 is 0. The molecule has 0 aromatic heterocycles. The summed E-state index contributed by atoms with van der Waals surface area (Å²) in [7, 11) is 1.60. The summed E-state index contributed by atoms with van der Waals surface area (Å²) < 4.78 is 10.7. The molecule has 0 saturated carbocycles. The van der Waals surface area contributed by atoms with Crippen molar-refractivity contribution in [1.82, 2.24) is 5.32 Å². The Morgan fingerprint density at radius 1 is 1.16 bits per heavy atom. The van der Waals surface area contributed by atoms with Crippen LogP contribution in [0.2, 0.25) is 0 Å². The molecular weight excluding hydrogens is 266 g/mol. The molecule has 0 bridgehead atoms. The molecular formula is C14H24ClNO3. The Bertz CT molecular complexity index is 347. The smallest absolute Gasteiger partial charge is 0.161 e. The van der Waals surface area contributed by atoms with Crippen molar-refractivity contribution in [3.63, 3.8) is 0 Å². The van der Waals surface area contributed by atoms with E-state index in [2.05, 4.69) is 19.2 Å². The maximum Gasteiger partial charge on any atom is 0.161 e. The first-order chi connectivity index (χ1) is 8.63. The number of para-hydroxylation sites is 2. The first kappa shape index (κ1) is 18.0. The zero-order chi connectivity index (χ0) is 13.4. The van der Waals surface area contributed by atoms with Crippen LogP contribution in [0.3, 0.4) is 0 Å². The van der Waals surface area contributed by atoms with Gasteiger partial charge < -0.3 is 19.9 Å². The van der Waals surface area contributed by atoms with Gasteiger partial charge in [-0.1, -0.05) is 26.0 Å². The first-order valence-corrected chi connectivity index (χ1v) is 6.28. The molecule has 0 saturated heterocycles. The van der Waals surface area contributed by atoms with Gasteiger partial charge in [0.15, 0.2) is 11.5 Å². The molecule has 1 aromatic carbocycles. The fourth-order valence-corrected chi connectivity index (χ4v) is 1.52. The highest BCUT2D eigenvalue weighted by atomic mass is 35.5. The maximum absolute atomic E-state index is 9.76. The minimum Gasteiger partial charge on any atom is -0.493 e. The minimum atomic E-state index is -0.520. The molecule has 1 rings (SSSR count). The number of nitrogens with one attached hydrogen (secondary N) is 1. The normalized spacial score (nSPS) is 11.8. The van der Waals surface area contributed by atoms with Crippen LogP contribution in [-0.4, -0.2) is 38.0 Å². The van der Waals surface area contributed by atoms with Crippen molar-refractivity contribution in [3.8, 4) is 11.5 Å². The Labute approximate surface area is 121 Å². The number of hydrogen-bond acceptors (Lipinski definition) is 4. The third-order valence-electron chi connectivity index (χ3n) is 2.43. The molecule has 0 amide bonds. The van der Waals surface area contributed by atoms with Crippen LogP contribution in [-0.2, 0) is 0 Å². The lowest BCUT2D eigenvalue weighted by atomic mass is 10.2. The van der Waals surface area contributed by atoms with Gasteiger partial charge in [-0.25, -0.2) is 0 Å². The number of rotatable bonds is 8. The standard InChI is InChI=1S/C14H23NO3.ClH/c1-11(2)8-15-9-12(16)10-18-14-7-5-4-6-13(14)17-3;/h4-7,11-12,15-16H,8-10H2,1-3H3;1H. The molecule has 1 atom stereocenters. The fourth-order valence-electron chi connectivity index (χ4n) is 1.52. The Morgan fingerprint density at radius 3 is 2.37 bits per heavy atom. The van der Waals surface area contributed by atoms with E-state index in [-0.39, 0.29) is 19.0 Å². The van der Waals surface area contributed by atoms with E-state index in [1.807, 2.05) is 24.3 Å². The molecule has 0 aliphatic heterocycles. The molecule has 5 heteroatoms. The van der Waals surface area contributed by atoms with Crippen molar-refractivity contribution in [2.75, 3.05) is 26.8 Å². The van der Waals surface area contributed by atoms with E-state index in [0.717, 1.165) is 6.54 Å². The second-order valence-electron chi connectivity index (χ2n) is 4.67. The Balaban J connectivity index is 0.00000324. The average Bonchev–Trinajstić information content (AvgIpc) is 2.36. The molecule has 0 aliphatic carbocycles. The predicted molar refractivity (Wildman–Crippen MR) is 79.5 cm³/mol. The summed E-state index contributed by atoms with van der Waals surface area (Å²) in [6.45, 7) is 5.94. The van der Waals surface area contributed by atoms with Crippen molar-refractivity contribution in [1.29, 1.82) is 0 Å². The highest BCUT2D eigenvalue weighted by Gasteiger charge is 2.08. The number of benzene rings is 1. The van der Waals surface area contributed by atoms with Gasteiger partial charge >= 0.3 is 0 Å². The lowest BCUT2D eigenvalue weighted by Gasteiger charge is -2.15. The van der Waals surface area contributed by atoms with Crippen molar-refractivity contribution in [3.05, 3.63) is 24.3 Å². The zero-order valence-corrected chi connectivity index (χ0v) is 12.6. The van der Waals surface area contributed by atoms with Crippen LogP contribution in [0.25, 0.3) is 0 Å². The lowest BCUT2D eigenvalue weighted by Crippen LogP contribution is -2.33. The summed E-state index contributed by atoms with van der Waals surface area (Å²) in [6, 6.07) is 7.42. The highest BCUT2D eigenvalue weighted by molar-refractivity contribution is 5.85. The molecule has 1 aromatic rings. The number of methoxy groups -OCH3 is 1. The molecule has 110 valence electrons. The number of halogens is 1. The zero-order valence-electron chi connectivity index (χ0n) is 11.8. The number of hydrogen-bond donors (Lipinski definition) is 2. The van der Waals surface area contributed by atoms with Gasteiger partial charge in [0.05, 0.1) is 7.11 Å². The molecule has 0 heterocycles. The molecule has 0 spiro atoms. The fraction of sp³-hybridized carbons (Fsp3) is 0.571. The Hall–Kier alpha value is -0.970. The van der Waals surface area contributed by atoms with E-state index in [9.17, 15) is 5.11 Å². The molecule has 0 aliphatic rings. The molecule has 4 nitrogen and oxygen atoms in total. The van der Waals surface area contributed by atoms with E-state index < -0.39 is 6.10 Å².